The lowest BCUT2D eigenvalue weighted by molar-refractivity contribution is 0.0928. The number of imidazole rings is 1. The normalized spacial score (nSPS) is 12.4. The predicted molar refractivity (Wildman–Crippen MR) is 74.1 cm³/mol. The number of aromatic nitrogens is 5. The van der Waals surface area contributed by atoms with Gasteiger partial charge in [0.15, 0.2) is 5.82 Å². The molecular formula is C13H20N6O. The second-order valence-electron chi connectivity index (χ2n) is 4.87. The van der Waals surface area contributed by atoms with E-state index in [9.17, 15) is 4.79 Å². The molecule has 0 saturated heterocycles. The fourth-order valence-corrected chi connectivity index (χ4v) is 2.21. The zero-order valence-electron chi connectivity index (χ0n) is 12.3. The summed E-state index contributed by atoms with van der Waals surface area (Å²) in [5.74, 6) is 0.612. The van der Waals surface area contributed by atoms with E-state index in [-0.39, 0.29) is 11.9 Å². The van der Waals surface area contributed by atoms with Crippen LogP contribution >= 0.6 is 0 Å². The van der Waals surface area contributed by atoms with Crippen molar-refractivity contribution in [3.8, 4) is 0 Å². The maximum atomic E-state index is 12.3. The molecule has 0 unspecified atom stereocenters. The van der Waals surface area contributed by atoms with Crippen molar-refractivity contribution in [2.24, 2.45) is 7.05 Å². The van der Waals surface area contributed by atoms with Crippen molar-refractivity contribution in [3.63, 3.8) is 0 Å². The molecule has 1 N–H and O–H groups in total. The van der Waals surface area contributed by atoms with Crippen molar-refractivity contribution in [1.29, 1.82) is 0 Å². The average Bonchev–Trinajstić information content (AvgIpc) is 2.97. The minimum atomic E-state index is -0.203. The summed E-state index contributed by atoms with van der Waals surface area (Å²) in [6.07, 6.45) is 4.32. The highest BCUT2D eigenvalue weighted by Crippen LogP contribution is 2.12. The topological polar surface area (TPSA) is 77.6 Å². The van der Waals surface area contributed by atoms with Crippen LogP contribution in [-0.4, -0.2) is 30.2 Å². The maximum Gasteiger partial charge on any atom is 0.270 e. The Labute approximate surface area is 118 Å². The Hall–Kier alpha value is -2.18. The van der Waals surface area contributed by atoms with E-state index < -0.39 is 0 Å². The van der Waals surface area contributed by atoms with Crippen molar-refractivity contribution >= 4 is 5.91 Å². The van der Waals surface area contributed by atoms with Crippen molar-refractivity contribution in [1.82, 2.24) is 29.6 Å². The van der Waals surface area contributed by atoms with Crippen LogP contribution in [0.4, 0.5) is 0 Å². The average molecular weight is 276 g/mol. The fourth-order valence-electron chi connectivity index (χ4n) is 2.21. The third-order valence-corrected chi connectivity index (χ3v) is 3.18. The van der Waals surface area contributed by atoms with Crippen LogP contribution in [0.5, 0.6) is 0 Å². The third kappa shape index (κ3) is 2.71. The summed E-state index contributed by atoms with van der Waals surface area (Å²) in [7, 11) is 1.80. The van der Waals surface area contributed by atoms with Gasteiger partial charge in [-0.1, -0.05) is 6.92 Å². The Bertz CT molecular complexity index is 580. The monoisotopic (exact) mass is 276 g/mol. The molecular weight excluding hydrogens is 256 g/mol. The molecule has 2 aromatic heterocycles. The molecule has 0 bridgehead atoms. The number of rotatable bonds is 5. The summed E-state index contributed by atoms with van der Waals surface area (Å²) in [4.78, 5) is 16.4. The van der Waals surface area contributed by atoms with Crippen molar-refractivity contribution < 1.29 is 4.79 Å². The van der Waals surface area contributed by atoms with Crippen molar-refractivity contribution in [2.45, 2.75) is 39.8 Å². The molecule has 0 spiro atoms. The molecule has 2 heterocycles. The van der Waals surface area contributed by atoms with Gasteiger partial charge in [0.2, 0.25) is 0 Å². The Kier molecular flexibility index (Phi) is 4.16. The van der Waals surface area contributed by atoms with Crippen LogP contribution in [0, 0.1) is 6.92 Å². The first-order valence-corrected chi connectivity index (χ1v) is 6.71. The van der Waals surface area contributed by atoms with Gasteiger partial charge in [-0.15, -0.1) is 10.2 Å². The first-order valence-electron chi connectivity index (χ1n) is 6.71. The molecule has 20 heavy (non-hydrogen) atoms. The van der Waals surface area contributed by atoms with Crippen LogP contribution in [0.15, 0.2) is 12.7 Å². The van der Waals surface area contributed by atoms with Crippen LogP contribution < -0.4 is 5.32 Å². The summed E-state index contributed by atoms with van der Waals surface area (Å²) in [6, 6.07) is -0.203. The number of amides is 1. The largest absolute Gasteiger partial charge is 0.341 e. The van der Waals surface area contributed by atoms with E-state index in [4.69, 9.17) is 0 Å². The van der Waals surface area contributed by atoms with E-state index in [2.05, 4.69) is 27.4 Å². The van der Waals surface area contributed by atoms with E-state index in [0.29, 0.717) is 11.4 Å². The van der Waals surface area contributed by atoms with Crippen LogP contribution in [0.2, 0.25) is 0 Å². The lowest BCUT2D eigenvalue weighted by Crippen LogP contribution is -2.30. The zero-order chi connectivity index (χ0) is 14.7. The van der Waals surface area contributed by atoms with Crippen LogP contribution in [0.25, 0.3) is 0 Å². The van der Waals surface area contributed by atoms with Crippen LogP contribution in [-0.2, 0) is 13.6 Å². The van der Waals surface area contributed by atoms with Gasteiger partial charge < -0.3 is 14.5 Å². The zero-order valence-corrected chi connectivity index (χ0v) is 12.3. The van der Waals surface area contributed by atoms with Gasteiger partial charge in [0.1, 0.15) is 12.0 Å². The first-order chi connectivity index (χ1) is 9.54. The molecule has 0 fully saturated rings. The maximum absolute atomic E-state index is 12.3. The van der Waals surface area contributed by atoms with Gasteiger partial charge in [0.25, 0.3) is 5.91 Å². The Balaban J connectivity index is 2.13. The molecule has 108 valence electrons. The van der Waals surface area contributed by atoms with Crippen LogP contribution in [0.3, 0.4) is 0 Å². The van der Waals surface area contributed by atoms with Crippen molar-refractivity contribution in [3.05, 3.63) is 29.9 Å². The number of carbonyl (C=O) groups excluding carboxylic acids is 1. The highest BCUT2D eigenvalue weighted by atomic mass is 16.2. The smallest absolute Gasteiger partial charge is 0.270 e. The van der Waals surface area contributed by atoms with Crippen molar-refractivity contribution in [2.75, 3.05) is 0 Å². The van der Waals surface area contributed by atoms with Crippen LogP contribution in [0.1, 0.15) is 48.3 Å². The van der Waals surface area contributed by atoms with E-state index in [1.807, 2.05) is 18.4 Å². The summed E-state index contributed by atoms with van der Waals surface area (Å²) in [6.45, 7) is 6.65. The summed E-state index contributed by atoms with van der Waals surface area (Å²) >= 11 is 0. The van der Waals surface area contributed by atoms with Gasteiger partial charge in [0.05, 0.1) is 18.1 Å². The number of hydrogen-bond donors (Lipinski definition) is 1. The number of nitrogens with zero attached hydrogens (tertiary/aromatic N) is 5. The predicted octanol–water partition coefficient (Wildman–Crippen LogP) is 1.22. The summed E-state index contributed by atoms with van der Waals surface area (Å²) in [5, 5.41) is 10.9. The highest BCUT2D eigenvalue weighted by molar-refractivity contribution is 5.93. The molecule has 1 atom stereocenters. The lowest BCUT2D eigenvalue weighted by atomic mass is 10.2. The molecule has 7 heteroatoms. The molecule has 0 aliphatic carbocycles. The lowest BCUT2D eigenvalue weighted by Gasteiger charge is -2.15. The molecule has 0 saturated carbocycles. The minimum absolute atomic E-state index is 0.152. The Morgan fingerprint density at radius 1 is 1.45 bits per heavy atom. The molecule has 0 aromatic carbocycles. The quantitative estimate of drug-likeness (QED) is 0.890. The van der Waals surface area contributed by atoms with Gasteiger partial charge in [0, 0.05) is 13.6 Å². The number of hydrogen-bond acceptors (Lipinski definition) is 4. The third-order valence-electron chi connectivity index (χ3n) is 3.18. The van der Waals surface area contributed by atoms with Gasteiger partial charge in [-0.25, -0.2) is 4.98 Å². The number of aryl methyl sites for hydroxylation is 3. The van der Waals surface area contributed by atoms with E-state index in [0.717, 1.165) is 18.8 Å². The first kappa shape index (κ1) is 14.2. The summed E-state index contributed by atoms with van der Waals surface area (Å²) < 4.78 is 3.68. The molecule has 1 amide bonds. The fraction of sp³-hybridized carbons (Fsp3) is 0.538. The Morgan fingerprint density at radius 2 is 2.20 bits per heavy atom. The van der Waals surface area contributed by atoms with E-state index in [1.54, 1.807) is 24.3 Å². The molecule has 0 radical (unpaired) electrons. The van der Waals surface area contributed by atoms with Gasteiger partial charge >= 0.3 is 0 Å². The van der Waals surface area contributed by atoms with Gasteiger partial charge in [-0.05, 0) is 20.3 Å². The molecule has 7 nitrogen and oxygen atoms in total. The molecule has 2 aromatic rings. The molecule has 2 rings (SSSR count). The second kappa shape index (κ2) is 5.85. The number of carbonyl (C=O) groups is 1. The molecule has 0 aliphatic heterocycles. The highest BCUT2D eigenvalue weighted by Gasteiger charge is 2.19. The van der Waals surface area contributed by atoms with Gasteiger partial charge in [-0.3, -0.25) is 4.79 Å². The van der Waals surface area contributed by atoms with Gasteiger partial charge in [-0.2, -0.15) is 0 Å². The SMILES string of the molecule is CCCn1cnnc1[C@H](C)NC(=O)c1c(C)ncn1C. The second-order valence-corrected chi connectivity index (χ2v) is 4.87. The standard InChI is InChI=1S/C13H20N6O/c1-5-6-19-8-15-17-12(19)10(3)16-13(20)11-9(2)14-7-18(11)4/h7-8,10H,5-6H2,1-4H3,(H,16,20)/t10-/m0/s1. The summed E-state index contributed by atoms with van der Waals surface area (Å²) in [5.41, 5.74) is 1.28. The Morgan fingerprint density at radius 3 is 2.80 bits per heavy atom. The molecule has 0 aliphatic rings. The minimum Gasteiger partial charge on any atom is -0.341 e. The van der Waals surface area contributed by atoms with E-state index in [1.165, 1.54) is 0 Å². The van der Waals surface area contributed by atoms with E-state index >= 15 is 0 Å². The number of nitrogens with one attached hydrogen (secondary N) is 1.